The van der Waals surface area contributed by atoms with Gasteiger partial charge in [-0.2, -0.15) is 0 Å². The van der Waals surface area contributed by atoms with Crippen molar-refractivity contribution in [3.63, 3.8) is 0 Å². The lowest BCUT2D eigenvalue weighted by Gasteiger charge is -2.19. The lowest BCUT2D eigenvalue weighted by atomic mass is 10.1. The summed E-state index contributed by atoms with van der Waals surface area (Å²) >= 11 is 3.10. The molecular formula is C10H11BrN2O5. The van der Waals surface area contributed by atoms with Crippen molar-refractivity contribution in [3.05, 3.63) is 32.8 Å². The van der Waals surface area contributed by atoms with Crippen molar-refractivity contribution in [2.45, 2.75) is 12.5 Å². The molecule has 1 aromatic rings. The number of para-hydroxylation sites is 1. The van der Waals surface area contributed by atoms with E-state index in [2.05, 4.69) is 15.9 Å². The minimum absolute atomic E-state index is 0.0413. The fourth-order valence-electron chi connectivity index (χ4n) is 1.07. The highest BCUT2D eigenvalue weighted by Gasteiger charge is 2.30. The summed E-state index contributed by atoms with van der Waals surface area (Å²) in [7, 11) is 0. The van der Waals surface area contributed by atoms with E-state index in [4.69, 9.17) is 15.6 Å². The minimum Gasteiger partial charge on any atom is -0.483 e. The molecule has 0 aliphatic rings. The second-order valence-corrected chi connectivity index (χ2v) is 4.71. The molecule has 8 heteroatoms. The number of nitrogens with two attached hydrogens (primary N) is 1. The maximum absolute atomic E-state index is 10.8. The molecule has 0 bridgehead atoms. The van der Waals surface area contributed by atoms with Crippen LogP contribution in [0.15, 0.2) is 22.7 Å². The molecule has 0 aromatic heterocycles. The van der Waals surface area contributed by atoms with Crippen LogP contribution in [0.1, 0.15) is 6.92 Å². The zero-order valence-corrected chi connectivity index (χ0v) is 11.0. The fourth-order valence-corrected chi connectivity index (χ4v) is 1.54. The van der Waals surface area contributed by atoms with Crippen molar-refractivity contribution in [1.82, 2.24) is 0 Å². The fraction of sp³-hybridized carbons (Fsp3) is 0.300. The molecule has 1 atom stereocenters. The van der Waals surface area contributed by atoms with E-state index in [-0.39, 0.29) is 18.0 Å². The van der Waals surface area contributed by atoms with Gasteiger partial charge < -0.3 is 15.6 Å². The van der Waals surface area contributed by atoms with Gasteiger partial charge in [-0.15, -0.1) is 0 Å². The summed E-state index contributed by atoms with van der Waals surface area (Å²) in [5.41, 5.74) is 3.59. The Kier molecular flexibility index (Phi) is 4.25. The van der Waals surface area contributed by atoms with Crippen LogP contribution < -0.4 is 10.5 Å². The number of benzene rings is 1. The molecular weight excluding hydrogens is 308 g/mol. The summed E-state index contributed by atoms with van der Waals surface area (Å²) in [6.45, 7) is 0.879. The Morgan fingerprint density at radius 1 is 1.67 bits per heavy atom. The smallest absolute Gasteiger partial charge is 0.326 e. The Morgan fingerprint density at radius 2 is 2.28 bits per heavy atom. The van der Waals surface area contributed by atoms with E-state index >= 15 is 0 Å². The van der Waals surface area contributed by atoms with Crippen LogP contribution in [0, 0.1) is 10.1 Å². The van der Waals surface area contributed by atoms with Gasteiger partial charge in [0.05, 0.1) is 9.40 Å². The predicted octanol–water partition coefficient (Wildman–Crippen LogP) is 1.54. The molecule has 1 aromatic carbocycles. The first-order chi connectivity index (χ1) is 8.25. The van der Waals surface area contributed by atoms with Crippen molar-refractivity contribution in [1.29, 1.82) is 0 Å². The largest absolute Gasteiger partial charge is 0.483 e. The Bertz CT molecular complexity index is 489. The number of hydrogen-bond acceptors (Lipinski definition) is 5. The lowest BCUT2D eigenvalue weighted by molar-refractivity contribution is -0.386. The van der Waals surface area contributed by atoms with Gasteiger partial charge in [0.15, 0.2) is 0 Å². The first kappa shape index (κ1) is 14.4. The number of halogens is 1. The van der Waals surface area contributed by atoms with Gasteiger partial charge in [0.1, 0.15) is 12.1 Å². The van der Waals surface area contributed by atoms with E-state index in [9.17, 15) is 14.9 Å². The maximum atomic E-state index is 10.8. The highest BCUT2D eigenvalue weighted by molar-refractivity contribution is 9.10. The molecule has 0 aliphatic carbocycles. The summed E-state index contributed by atoms with van der Waals surface area (Å²) in [4.78, 5) is 21.0. The molecule has 0 aliphatic heterocycles. The molecule has 0 amide bonds. The number of carboxylic acid groups (broad SMARTS) is 1. The summed E-state index contributed by atoms with van der Waals surface area (Å²) in [6, 6.07) is 4.29. The standard InChI is InChI=1S/C10H11BrN2O5/c1-10(12,9(14)15)5-18-8-6(11)3-2-4-7(8)13(16)17/h2-4H,5,12H2,1H3,(H,14,15). The van der Waals surface area contributed by atoms with Crippen molar-refractivity contribution in [2.75, 3.05) is 6.61 Å². The average molecular weight is 319 g/mol. The summed E-state index contributed by atoms with van der Waals surface area (Å²) < 4.78 is 5.52. The number of nitro benzene ring substituents is 1. The number of carbonyl (C=O) groups is 1. The Morgan fingerprint density at radius 3 is 2.78 bits per heavy atom. The molecule has 1 unspecified atom stereocenters. The zero-order valence-electron chi connectivity index (χ0n) is 9.42. The van der Waals surface area contributed by atoms with Crippen LogP contribution in [0.25, 0.3) is 0 Å². The molecule has 0 fully saturated rings. The summed E-state index contributed by atoms with van der Waals surface area (Å²) in [5.74, 6) is -1.29. The molecule has 0 spiro atoms. The molecule has 0 radical (unpaired) electrons. The molecule has 7 nitrogen and oxygen atoms in total. The normalized spacial score (nSPS) is 13.7. The molecule has 3 N–H and O–H groups in total. The van der Waals surface area contributed by atoms with Gasteiger partial charge >= 0.3 is 11.7 Å². The van der Waals surface area contributed by atoms with Crippen LogP contribution >= 0.6 is 15.9 Å². The minimum atomic E-state index is -1.62. The second kappa shape index (κ2) is 5.32. The quantitative estimate of drug-likeness (QED) is 0.628. The van der Waals surface area contributed by atoms with E-state index in [1.807, 2.05) is 0 Å². The number of nitro groups is 1. The maximum Gasteiger partial charge on any atom is 0.326 e. The second-order valence-electron chi connectivity index (χ2n) is 3.86. The van der Waals surface area contributed by atoms with Crippen LogP contribution in [0.2, 0.25) is 0 Å². The number of hydrogen-bond donors (Lipinski definition) is 2. The number of ether oxygens (including phenoxy) is 1. The highest BCUT2D eigenvalue weighted by atomic mass is 79.9. The Labute approximate surface area is 111 Å². The number of aliphatic carboxylic acids is 1. The van der Waals surface area contributed by atoms with Crippen LogP contribution in [-0.2, 0) is 4.79 Å². The van der Waals surface area contributed by atoms with Crippen molar-refractivity contribution in [2.24, 2.45) is 5.73 Å². The average Bonchev–Trinajstić information content (AvgIpc) is 2.26. The van der Waals surface area contributed by atoms with Crippen molar-refractivity contribution >= 4 is 27.6 Å². The number of rotatable bonds is 5. The molecule has 0 saturated heterocycles. The van der Waals surface area contributed by atoms with E-state index in [1.54, 1.807) is 6.07 Å². The first-order valence-corrected chi connectivity index (χ1v) is 5.63. The topological polar surface area (TPSA) is 116 Å². The van der Waals surface area contributed by atoms with Gasteiger partial charge in [-0.3, -0.25) is 14.9 Å². The zero-order chi connectivity index (χ0) is 13.9. The third kappa shape index (κ3) is 3.17. The SMILES string of the molecule is CC(N)(COc1c(Br)cccc1[N+](=O)[O-])C(=O)O. The van der Waals surface area contributed by atoms with Crippen molar-refractivity contribution < 1.29 is 19.6 Å². The molecule has 0 saturated carbocycles. The third-order valence-corrected chi connectivity index (χ3v) is 2.77. The monoisotopic (exact) mass is 318 g/mol. The highest BCUT2D eigenvalue weighted by Crippen LogP contribution is 2.34. The van der Waals surface area contributed by atoms with E-state index in [0.717, 1.165) is 0 Å². The summed E-state index contributed by atoms with van der Waals surface area (Å²) in [6.07, 6.45) is 0. The first-order valence-electron chi connectivity index (χ1n) is 4.83. The van der Waals surface area contributed by atoms with Gasteiger partial charge in [-0.1, -0.05) is 6.07 Å². The van der Waals surface area contributed by atoms with E-state index in [1.165, 1.54) is 19.1 Å². The van der Waals surface area contributed by atoms with Crippen LogP contribution in [0.3, 0.4) is 0 Å². The van der Waals surface area contributed by atoms with Gasteiger partial charge in [0.25, 0.3) is 0 Å². The van der Waals surface area contributed by atoms with Gasteiger partial charge in [-0.05, 0) is 28.9 Å². The molecule has 1 rings (SSSR count). The third-order valence-electron chi connectivity index (χ3n) is 2.15. The Balaban J connectivity index is 2.98. The van der Waals surface area contributed by atoms with Crippen LogP contribution in [0.4, 0.5) is 5.69 Å². The lowest BCUT2D eigenvalue weighted by Crippen LogP contribution is -2.50. The molecule has 0 heterocycles. The number of nitrogens with zero attached hydrogens (tertiary/aromatic N) is 1. The number of carboxylic acids is 1. The van der Waals surface area contributed by atoms with Crippen LogP contribution in [0.5, 0.6) is 5.75 Å². The molecule has 98 valence electrons. The van der Waals surface area contributed by atoms with Crippen molar-refractivity contribution in [3.8, 4) is 5.75 Å². The van der Waals surface area contributed by atoms with E-state index < -0.39 is 16.4 Å². The van der Waals surface area contributed by atoms with E-state index in [0.29, 0.717) is 4.47 Å². The summed E-state index contributed by atoms with van der Waals surface area (Å²) in [5, 5.41) is 19.6. The Hall–Kier alpha value is -1.67. The van der Waals surface area contributed by atoms with Gasteiger partial charge in [0.2, 0.25) is 5.75 Å². The van der Waals surface area contributed by atoms with Gasteiger partial charge in [0, 0.05) is 6.07 Å². The van der Waals surface area contributed by atoms with Crippen LogP contribution in [-0.4, -0.2) is 28.1 Å². The molecule has 18 heavy (non-hydrogen) atoms. The predicted molar refractivity (Wildman–Crippen MR) is 66.5 cm³/mol. The van der Waals surface area contributed by atoms with Gasteiger partial charge in [-0.25, -0.2) is 0 Å².